The van der Waals surface area contributed by atoms with Crippen molar-refractivity contribution in [1.82, 2.24) is 0 Å². The maximum Gasteiger partial charge on any atom is 0.140 e. The predicted octanol–water partition coefficient (Wildman–Crippen LogP) is 1.14. The van der Waals surface area contributed by atoms with E-state index in [0.717, 1.165) is 12.0 Å². The van der Waals surface area contributed by atoms with E-state index in [1.807, 2.05) is 6.42 Å². The van der Waals surface area contributed by atoms with Gasteiger partial charge in [-0.1, -0.05) is 28.1 Å². The number of alkyl halides is 1. The summed E-state index contributed by atoms with van der Waals surface area (Å²) in [6, 6.07) is 0. The van der Waals surface area contributed by atoms with E-state index < -0.39 is 10.7 Å². The van der Waals surface area contributed by atoms with Crippen molar-refractivity contribution in [3.8, 4) is 0 Å². The molecule has 2 unspecified atom stereocenters. The molecule has 0 spiro atoms. The molecular formula is C7H10BrO2S. The molecule has 1 aliphatic rings. The third-order valence-electron chi connectivity index (χ3n) is 1.81. The van der Waals surface area contributed by atoms with Gasteiger partial charge in [0.25, 0.3) is 0 Å². The van der Waals surface area contributed by atoms with E-state index >= 15 is 0 Å². The molecule has 0 heterocycles. The van der Waals surface area contributed by atoms with Crippen molar-refractivity contribution >= 4 is 26.6 Å². The number of hydrogen-bond acceptors (Lipinski definition) is 2. The van der Waals surface area contributed by atoms with Gasteiger partial charge in [0.05, 0.1) is 5.75 Å². The van der Waals surface area contributed by atoms with Gasteiger partial charge in [0.2, 0.25) is 0 Å². The molecule has 0 aromatic carbocycles. The van der Waals surface area contributed by atoms with Crippen LogP contribution in [0.15, 0.2) is 12.2 Å². The van der Waals surface area contributed by atoms with Gasteiger partial charge in [-0.05, 0) is 18.8 Å². The topological polar surface area (TPSA) is 34.1 Å². The predicted molar refractivity (Wildman–Crippen MR) is 49.4 cm³/mol. The van der Waals surface area contributed by atoms with Crippen LogP contribution in [0.1, 0.15) is 6.42 Å². The highest BCUT2D eigenvalue weighted by atomic mass is 79.9. The number of thiol groups is 1. The lowest BCUT2D eigenvalue weighted by Gasteiger charge is -2.09. The fourth-order valence-corrected chi connectivity index (χ4v) is 2.76. The van der Waals surface area contributed by atoms with E-state index in [0.29, 0.717) is 0 Å². The molecule has 1 aliphatic carbocycles. The van der Waals surface area contributed by atoms with E-state index in [-0.39, 0.29) is 16.5 Å². The molecule has 1 radical (unpaired) electrons. The summed E-state index contributed by atoms with van der Waals surface area (Å²) >= 11 is 3.40. The van der Waals surface area contributed by atoms with Crippen LogP contribution in [0.5, 0.6) is 0 Å². The van der Waals surface area contributed by atoms with Crippen molar-refractivity contribution in [2.24, 2.45) is 5.92 Å². The summed E-state index contributed by atoms with van der Waals surface area (Å²) in [5.41, 5.74) is 1.08. The molecule has 1 fully saturated rings. The van der Waals surface area contributed by atoms with Gasteiger partial charge in [-0.25, -0.2) is 8.42 Å². The average Bonchev–Trinajstić information content (AvgIpc) is 2.18. The Kier molecular flexibility index (Phi) is 3.13. The number of rotatable bonds is 2. The molecule has 0 N–H and O–H groups in total. The Labute approximate surface area is 76.8 Å². The first kappa shape index (κ1) is 9.26. The van der Waals surface area contributed by atoms with Gasteiger partial charge in [0, 0.05) is 4.83 Å². The number of hydrogen-bond donors (Lipinski definition) is 1. The summed E-state index contributed by atoms with van der Waals surface area (Å²) in [5.74, 6) is 0.369. The van der Waals surface area contributed by atoms with Crippen molar-refractivity contribution in [1.29, 1.82) is 0 Å². The van der Waals surface area contributed by atoms with Crippen LogP contribution in [-0.2, 0) is 10.7 Å². The largest absolute Gasteiger partial charge is 0.232 e. The first-order valence-corrected chi connectivity index (χ1v) is 5.66. The molecule has 0 aromatic heterocycles. The Balaban J connectivity index is 2.55. The molecule has 2 atom stereocenters. The minimum atomic E-state index is -2.26. The van der Waals surface area contributed by atoms with Crippen LogP contribution in [0.2, 0.25) is 0 Å². The van der Waals surface area contributed by atoms with E-state index in [1.165, 1.54) is 0 Å². The quantitative estimate of drug-likeness (QED) is 0.444. The van der Waals surface area contributed by atoms with Crippen molar-refractivity contribution < 1.29 is 8.42 Å². The van der Waals surface area contributed by atoms with Crippen LogP contribution in [0, 0.1) is 12.3 Å². The van der Waals surface area contributed by atoms with Crippen molar-refractivity contribution in [2.45, 2.75) is 11.2 Å². The van der Waals surface area contributed by atoms with Gasteiger partial charge < -0.3 is 0 Å². The normalized spacial score (nSPS) is 31.6. The van der Waals surface area contributed by atoms with Gasteiger partial charge >= 0.3 is 0 Å². The third-order valence-corrected chi connectivity index (χ3v) is 3.85. The Morgan fingerprint density at radius 2 is 2.36 bits per heavy atom. The second kappa shape index (κ2) is 3.72. The first-order valence-electron chi connectivity index (χ1n) is 3.38. The third kappa shape index (κ3) is 2.30. The molecule has 1 rings (SSSR count). The molecule has 0 aromatic rings. The van der Waals surface area contributed by atoms with Gasteiger partial charge in [-0.15, -0.1) is 0 Å². The maximum atomic E-state index is 10.4. The standard InChI is InChI=1S/C7H10BrO2S/c1-5-2-3-6(7(5)8)4-11(9)10/h3,6-7,11H,1-2,4H2. The van der Waals surface area contributed by atoms with E-state index in [4.69, 9.17) is 0 Å². The lowest BCUT2D eigenvalue weighted by atomic mass is 10.1. The van der Waals surface area contributed by atoms with E-state index in [1.54, 1.807) is 0 Å². The highest BCUT2D eigenvalue weighted by molar-refractivity contribution is 9.09. The molecule has 0 saturated heterocycles. The highest BCUT2D eigenvalue weighted by Gasteiger charge is 2.28. The van der Waals surface area contributed by atoms with Crippen molar-refractivity contribution in [3.05, 3.63) is 18.6 Å². The highest BCUT2D eigenvalue weighted by Crippen LogP contribution is 2.34. The zero-order valence-corrected chi connectivity index (χ0v) is 8.48. The van der Waals surface area contributed by atoms with Crippen LogP contribution in [0.3, 0.4) is 0 Å². The number of halogens is 1. The van der Waals surface area contributed by atoms with Gasteiger partial charge in [-0.3, -0.25) is 0 Å². The lowest BCUT2D eigenvalue weighted by Crippen LogP contribution is -2.13. The average molecular weight is 238 g/mol. The minimum absolute atomic E-state index is 0.128. The molecular weight excluding hydrogens is 228 g/mol. The van der Waals surface area contributed by atoms with Crippen LogP contribution >= 0.6 is 15.9 Å². The fourth-order valence-electron chi connectivity index (χ4n) is 1.18. The summed E-state index contributed by atoms with van der Waals surface area (Å²) in [6.07, 6.45) is 2.84. The smallest absolute Gasteiger partial charge is 0.140 e. The molecule has 63 valence electrons. The number of allylic oxidation sites excluding steroid dienone is 1. The van der Waals surface area contributed by atoms with E-state index in [2.05, 4.69) is 22.5 Å². The SMILES string of the molecule is C=C1C[CH]C(C[SH](=O)=O)C1Br. The lowest BCUT2D eigenvalue weighted by molar-refractivity contribution is 0.603. The van der Waals surface area contributed by atoms with Crippen LogP contribution in [-0.4, -0.2) is 19.0 Å². The second-order valence-electron chi connectivity index (χ2n) is 2.68. The van der Waals surface area contributed by atoms with Crippen LogP contribution < -0.4 is 0 Å². The van der Waals surface area contributed by atoms with Crippen molar-refractivity contribution in [3.63, 3.8) is 0 Å². The van der Waals surface area contributed by atoms with Gasteiger partial charge in [0.15, 0.2) is 0 Å². The Bertz CT molecular complexity index is 227. The summed E-state index contributed by atoms with van der Waals surface area (Å²) < 4.78 is 20.7. The van der Waals surface area contributed by atoms with Crippen molar-refractivity contribution in [2.75, 3.05) is 5.75 Å². The van der Waals surface area contributed by atoms with Crippen LogP contribution in [0.4, 0.5) is 0 Å². The Hall–Kier alpha value is 0.170. The van der Waals surface area contributed by atoms with E-state index in [9.17, 15) is 8.42 Å². The summed E-state index contributed by atoms with van der Waals surface area (Å²) in [5, 5.41) is 0. The second-order valence-corrected chi connectivity index (χ2v) is 4.70. The molecule has 2 nitrogen and oxygen atoms in total. The summed E-state index contributed by atoms with van der Waals surface area (Å²) in [7, 11) is -2.26. The summed E-state index contributed by atoms with van der Waals surface area (Å²) in [6.45, 7) is 3.82. The molecule has 1 saturated carbocycles. The zero-order chi connectivity index (χ0) is 8.43. The minimum Gasteiger partial charge on any atom is -0.232 e. The molecule has 0 bridgehead atoms. The molecule has 0 amide bonds. The van der Waals surface area contributed by atoms with Gasteiger partial charge in [0.1, 0.15) is 10.7 Å². The first-order chi connectivity index (χ1) is 5.11. The maximum absolute atomic E-state index is 10.4. The van der Waals surface area contributed by atoms with Gasteiger partial charge in [-0.2, -0.15) is 0 Å². The molecule has 4 heteroatoms. The monoisotopic (exact) mass is 237 g/mol. The Morgan fingerprint density at radius 1 is 1.73 bits per heavy atom. The molecule has 11 heavy (non-hydrogen) atoms. The summed E-state index contributed by atoms with van der Waals surface area (Å²) in [4.78, 5) is 0.162. The molecule has 0 aliphatic heterocycles. The fraction of sp³-hybridized carbons (Fsp3) is 0.571. The Morgan fingerprint density at radius 3 is 2.73 bits per heavy atom. The zero-order valence-electron chi connectivity index (χ0n) is 6.00. The van der Waals surface area contributed by atoms with Crippen LogP contribution in [0.25, 0.3) is 0 Å².